The predicted octanol–water partition coefficient (Wildman–Crippen LogP) is 1.95. The Morgan fingerprint density at radius 1 is 1.69 bits per heavy atom. The number of amides is 1. The highest BCUT2D eigenvalue weighted by Crippen LogP contribution is 2.00. The van der Waals surface area contributed by atoms with Crippen LogP contribution in [-0.2, 0) is 11.3 Å². The molecule has 0 unspecified atom stereocenters. The average Bonchev–Trinajstić information content (AvgIpc) is 2.64. The van der Waals surface area contributed by atoms with Crippen molar-refractivity contribution in [3.05, 3.63) is 16.6 Å². The lowest BCUT2D eigenvalue weighted by Crippen LogP contribution is -2.22. The topological polar surface area (TPSA) is 42.0 Å². The van der Waals surface area contributed by atoms with Crippen molar-refractivity contribution in [3.8, 4) is 0 Å². The molecule has 1 aromatic heterocycles. The Labute approximate surface area is 82.2 Å². The summed E-state index contributed by atoms with van der Waals surface area (Å²) in [7, 11) is 0. The van der Waals surface area contributed by atoms with Crippen molar-refractivity contribution in [2.75, 3.05) is 0 Å². The van der Waals surface area contributed by atoms with Crippen LogP contribution in [0.1, 0.15) is 31.9 Å². The van der Waals surface area contributed by atoms with Crippen LogP contribution in [0.4, 0.5) is 0 Å². The molecule has 13 heavy (non-hydrogen) atoms. The minimum atomic E-state index is 0.120. The molecule has 4 heteroatoms. The largest absolute Gasteiger partial charge is 0.350 e. The molecular formula is C9H14N2OS. The Kier molecular flexibility index (Phi) is 4.46. The van der Waals surface area contributed by atoms with Crippen LogP contribution in [0, 0.1) is 0 Å². The number of thiazole rings is 1. The third-order valence-electron chi connectivity index (χ3n) is 1.71. The van der Waals surface area contributed by atoms with Crippen LogP contribution >= 0.6 is 11.3 Å². The van der Waals surface area contributed by atoms with Gasteiger partial charge in [-0.15, -0.1) is 11.3 Å². The number of nitrogens with zero attached hydrogens (tertiary/aromatic N) is 1. The van der Waals surface area contributed by atoms with Crippen molar-refractivity contribution in [1.82, 2.24) is 10.3 Å². The molecule has 1 rings (SSSR count). The lowest BCUT2D eigenvalue weighted by molar-refractivity contribution is -0.121. The first-order valence-electron chi connectivity index (χ1n) is 4.46. The van der Waals surface area contributed by atoms with Crippen molar-refractivity contribution >= 4 is 17.2 Å². The van der Waals surface area contributed by atoms with Crippen LogP contribution in [0.3, 0.4) is 0 Å². The SMILES string of the molecule is CCCCC(=O)NCc1cscn1. The van der Waals surface area contributed by atoms with E-state index in [0.717, 1.165) is 18.5 Å². The van der Waals surface area contributed by atoms with E-state index in [4.69, 9.17) is 0 Å². The molecule has 1 aromatic rings. The van der Waals surface area contributed by atoms with Crippen LogP contribution in [0.5, 0.6) is 0 Å². The lowest BCUT2D eigenvalue weighted by atomic mass is 10.2. The Morgan fingerprint density at radius 2 is 2.54 bits per heavy atom. The van der Waals surface area contributed by atoms with Gasteiger partial charge in [0.25, 0.3) is 0 Å². The Morgan fingerprint density at radius 3 is 3.15 bits per heavy atom. The summed E-state index contributed by atoms with van der Waals surface area (Å²) in [6.45, 7) is 2.64. The van der Waals surface area contributed by atoms with Crippen LogP contribution in [0.25, 0.3) is 0 Å². The van der Waals surface area contributed by atoms with Gasteiger partial charge in [0.1, 0.15) is 0 Å². The maximum atomic E-state index is 11.2. The van der Waals surface area contributed by atoms with Crippen molar-refractivity contribution in [1.29, 1.82) is 0 Å². The standard InChI is InChI=1S/C9H14N2OS/c1-2-3-4-9(12)10-5-8-6-13-7-11-8/h6-7H,2-5H2,1H3,(H,10,12). The Bertz CT molecular complexity index is 246. The maximum Gasteiger partial charge on any atom is 0.220 e. The zero-order valence-corrected chi connectivity index (χ0v) is 8.56. The van der Waals surface area contributed by atoms with Gasteiger partial charge in [-0.3, -0.25) is 4.79 Å². The molecule has 0 fully saturated rings. The molecule has 72 valence electrons. The summed E-state index contributed by atoms with van der Waals surface area (Å²) in [6, 6.07) is 0. The molecule has 0 saturated carbocycles. The number of nitrogens with one attached hydrogen (secondary N) is 1. The van der Waals surface area contributed by atoms with Crippen molar-refractivity contribution in [3.63, 3.8) is 0 Å². The fraction of sp³-hybridized carbons (Fsp3) is 0.556. The van der Waals surface area contributed by atoms with Crippen LogP contribution in [-0.4, -0.2) is 10.9 Å². The number of carbonyl (C=O) groups excluding carboxylic acids is 1. The summed E-state index contributed by atoms with van der Waals surface area (Å²) < 4.78 is 0. The van der Waals surface area contributed by atoms with Gasteiger partial charge in [-0.2, -0.15) is 0 Å². The van der Waals surface area contributed by atoms with Crippen molar-refractivity contribution < 1.29 is 4.79 Å². The van der Waals surface area contributed by atoms with Gasteiger partial charge in [-0.05, 0) is 6.42 Å². The monoisotopic (exact) mass is 198 g/mol. The van der Waals surface area contributed by atoms with Gasteiger partial charge >= 0.3 is 0 Å². The summed E-state index contributed by atoms with van der Waals surface area (Å²) in [5.74, 6) is 0.120. The third-order valence-corrected chi connectivity index (χ3v) is 2.34. The summed E-state index contributed by atoms with van der Waals surface area (Å²) in [5.41, 5.74) is 2.71. The number of rotatable bonds is 5. The predicted molar refractivity (Wildman–Crippen MR) is 53.5 cm³/mol. The smallest absolute Gasteiger partial charge is 0.220 e. The van der Waals surface area contributed by atoms with E-state index in [1.165, 1.54) is 0 Å². The number of carbonyl (C=O) groups is 1. The highest BCUT2D eigenvalue weighted by atomic mass is 32.1. The first-order chi connectivity index (χ1) is 6.33. The molecule has 0 atom stereocenters. The van der Waals surface area contributed by atoms with Crippen LogP contribution in [0.2, 0.25) is 0 Å². The van der Waals surface area contributed by atoms with Gasteiger partial charge in [0.05, 0.1) is 17.7 Å². The zero-order chi connectivity index (χ0) is 9.52. The first kappa shape index (κ1) is 10.2. The summed E-state index contributed by atoms with van der Waals surface area (Å²) in [6.07, 6.45) is 2.65. The number of hydrogen-bond donors (Lipinski definition) is 1. The van der Waals surface area contributed by atoms with Gasteiger partial charge in [-0.25, -0.2) is 4.98 Å². The second-order valence-corrected chi connectivity index (χ2v) is 3.58. The van der Waals surface area contributed by atoms with E-state index in [1.807, 2.05) is 5.38 Å². The molecule has 0 aromatic carbocycles. The second kappa shape index (κ2) is 5.70. The molecule has 0 aliphatic heterocycles. The molecule has 0 radical (unpaired) electrons. The van der Waals surface area contributed by atoms with E-state index in [9.17, 15) is 4.79 Å². The third kappa shape index (κ3) is 4.03. The molecule has 1 amide bonds. The van der Waals surface area contributed by atoms with Gasteiger partial charge < -0.3 is 5.32 Å². The minimum absolute atomic E-state index is 0.120. The number of hydrogen-bond acceptors (Lipinski definition) is 3. The lowest BCUT2D eigenvalue weighted by Gasteiger charge is -2.01. The molecule has 0 aliphatic rings. The van der Waals surface area contributed by atoms with E-state index in [2.05, 4.69) is 17.2 Å². The maximum absolute atomic E-state index is 11.2. The van der Waals surface area contributed by atoms with Gasteiger partial charge in [0.2, 0.25) is 5.91 Å². The molecule has 1 N–H and O–H groups in total. The summed E-state index contributed by atoms with van der Waals surface area (Å²) in [5, 5.41) is 4.77. The van der Waals surface area contributed by atoms with E-state index in [0.29, 0.717) is 13.0 Å². The fourth-order valence-corrected chi connectivity index (χ4v) is 1.50. The molecule has 3 nitrogen and oxygen atoms in total. The van der Waals surface area contributed by atoms with E-state index in [-0.39, 0.29) is 5.91 Å². The van der Waals surface area contributed by atoms with Crippen molar-refractivity contribution in [2.24, 2.45) is 0 Å². The molecular weight excluding hydrogens is 184 g/mol. The fourth-order valence-electron chi connectivity index (χ4n) is 0.940. The summed E-state index contributed by atoms with van der Waals surface area (Å²) >= 11 is 1.55. The van der Waals surface area contributed by atoms with Crippen LogP contribution < -0.4 is 5.32 Å². The Hall–Kier alpha value is -0.900. The van der Waals surface area contributed by atoms with Crippen LogP contribution in [0.15, 0.2) is 10.9 Å². The molecule has 1 heterocycles. The average molecular weight is 198 g/mol. The van der Waals surface area contributed by atoms with Gasteiger partial charge in [0.15, 0.2) is 0 Å². The van der Waals surface area contributed by atoms with Gasteiger partial charge in [-0.1, -0.05) is 13.3 Å². The highest BCUT2D eigenvalue weighted by molar-refractivity contribution is 7.07. The molecule has 0 spiro atoms. The normalized spacial score (nSPS) is 9.92. The minimum Gasteiger partial charge on any atom is -0.350 e. The zero-order valence-electron chi connectivity index (χ0n) is 7.75. The Balaban J connectivity index is 2.15. The summed E-state index contributed by atoms with van der Waals surface area (Å²) in [4.78, 5) is 15.2. The quantitative estimate of drug-likeness (QED) is 0.785. The van der Waals surface area contributed by atoms with Gasteiger partial charge in [0, 0.05) is 11.8 Å². The number of unbranched alkanes of at least 4 members (excludes halogenated alkanes) is 1. The highest BCUT2D eigenvalue weighted by Gasteiger charge is 2.00. The molecule has 0 saturated heterocycles. The molecule has 0 aliphatic carbocycles. The van der Waals surface area contributed by atoms with E-state index >= 15 is 0 Å². The van der Waals surface area contributed by atoms with Crippen molar-refractivity contribution in [2.45, 2.75) is 32.7 Å². The van der Waals surface area contributed by atoms with E-state index < -0.39 is 0 Å². The first-order valence-corrected chi connectivity index (χ1v) is 5.41. The second-order valence-electron chi connectivity index (χ2n) is 2.86. The molecule has 0 bridgehead atoms. The van der Waals surface area contributed by atoms with E-state index in [1.54, 1.807) is 16.8 Å². The number of aromatic nitrogens is 1.